The van der Waals surface area contributed by atoms with Crippen molar-refractivity contribution < 1.29 is 57.8 Å². The first-order chi connectivity index (χ1) is 33.9. The Balaban J connectivity index is 1.45. The Bertz CT molecular complexity index is 2560. The van der Waals surface area contributed by atoms with Crippen molar-refractivity contribution in [3.8, 4) is 17.2 Å². The maximum atomic E-state index is 15.0. The number of non-ortho nitro benzene ring substituents is 2. The fraction of sp³-hybridized carbons (Fsp3) is 0.392. The van der Waals surface area contributed by atoms with Crippen molar-refractivity contribution in [2.45, 2.75) is 82.8 Å². The number of benzene rings is 4. The molecule has 0 radical (unpaired) electrons. The summed E-state index contributed by atoms with van der Waals surface area (Å²) in [4.78, 5) is 57.3. The summed E-state index contributed by atoms with van der Waals surface area (Å²) in [7, 11) is 0. The maximum absolute atomic E-state index is 15.0. The Morgan fingerprint density at radius 1 is 0.900 bits per heavy atom. The average molecular weight is 966 g/mol. The second kappa shape index (κ2) is 23.4. The number of nitro groups is 2. The molecular weight excluding hydrogens is 910 g/mol. The number of rotatable bonds is 22. The van der Waals surface area contributed by atoms with Gasteiger partial charge in [0.1, 0.15) is 35.7 Å². The third kappa shape index (κ3) is 11.6. The lowest BCUT2D eigenvalue weighted by Gasteiger charge is -2.59. The van der Waals surface area contributed by atoms with Crippen LogP contribution in [-0.2, 0) is 22.7 Å². The second-order valence-electron chi connectivity index (χ2n) is 17.3. The second-order valence-corrected chi connectivity index (χ2v) is 17.3. The highest BCUT2D eigenvalue weighted by atomic mass is 19.1. The first kappa shape index (κ1) is 50.7. The number of carbonyl (C=O) groups excluding carboxylic acids is 2. The summed E-state index contributed by atoms with van der Waals surface area (Å²) in [5.74, 6) is -3.29. The molecule has 1 saturated carbocycles. The lowest BCUT2D eigenvalue weighted by atomic mass is 9.55. The van der Waals surface area contributed by atoms with E-state index in [-0.39, 0.29) is 74.1 Å². The molecule has 0 saturated heterocycles. The number of nitrogens with zero attached hydrogens (tertiary/aromatic N) is 4. The number of halogens is 1. The summed E-state index contributed by atoms with van der Waals surface area (Å²) in [6, 6.07) is 20.4. The van der Waals surface area contributed by atoms with Crippen LogP contribution in [0.15, 0.2) is 120 Å². The van der Waals surface area contributed by atoms with E-state index in [0.29, 0.717) is 78.8 Å². The maximum Gasteiger partial charge on any atom is 0.416 e. The molecule has 2 aliphatic carbocycles. The van der Waals surface area contributed by atoms with Crippen LogP contribution in [0.1, 0.15) is 74.5 Å². The number of unbranched alkanes of at least 4 members (excludes halogenated alkanes) is 2. The van der Waals surface area contributed by atoms with Gasteiger partial charge in [0.2, 0.25) is 5.79 Å². The van der Waals surface area contributed by atoms with Gasteiger partial charge in [-0.2, -0.15) is 0 Å². The number of nitro benzene ring substituents is 2. The van der Waals surface area contributed by atoms with Gasteiger partial charge >= 0.3 is 12.2 Å². The van der Waals surface area contributed by atoms with Crippen LogP contribution in [0.2, 0.25) is 0 Å². The molecule has 0 bridgehead atoms. The number of amides is 2. The highest BCUT2D eigenvalue weighted by molar-refractivity contribution is 6.03. The number of carbonyl (C=O) groups is 2. The van der Waals surface area contributed by atoms with Crippen molar-refractivity contribution >= 4 is 29.3 Å². The van der Waals surface area contributed by atoms with Crippen LogP contribution in [-0.4, -0.2) is 81.1 Å². The van der Waals surface area contributed by atoms with Crippen LogP contribution in [0.25, 0.3) is 0 Å². The lowest BCUT2D eigenvalue weighted by molar-refractivity contribution is -0.385. The fourth-order valence-electron chi connectivity index (χ4n) is 9.78. The Kier molecular flexibility index (Phi) is 16.9. The third-order valence-electron chi connectivity index (χ3n) is 12.9. The molecule has 370 valence electrons. The van der Waals surface area contributed by atoms with Gasteiger partial charge in [-0.15, -0.1) is 6.58 Å². The molecule has 3 N–H and O–H groups in total. The minimum absolute atomic E-state index is 0.00255. The third-order valence-corrected chi connectivity index (χ3v) is 12.9. The zero-order valence-corrected chi connectivity index (χ0v) is 38.7. The smallest absolute Gasteiger partial charge is 0.416 e. The van der Waals surface area contributed by atoms with Crippen molar-refractivity contribution in [1.29, 1.82) is 0 Å². The van der Waals surface area contributed by atoms with Gasteiger partial charge in [0.05, 0.1) is 28.1 Å². The molecule has 4 aromatic carbocycles. The standard InChI is InChI=1S/C51H56FN5O13/c1-3-27-66-51-46(55(31-33-11-15-36(52)16-12-33)50(61)69-39-21-19-38(20-22-39)57(64)65)30-44(54-67-32-34-13-17-37(18-14-34)56(62)63)42-28-35(9-5-7-25-58)41(10-6-8-26-59)47(48(42)51)43-29-40(23-24-45(43)70-51)68-49(60)53-4-2/h3,11-24,28-29,35,41,46-48,58-59H,1,4-10,25-27,30-32H2,2H3,(H,53,60)/t35-,41+,46-,47+,48+,51+/m0/s1. The number of aliphatic hydroxyl groups is 2. The zero-order chi connectivity index (χ0) is 49.8. The topological polar surface area (TPSA) is 235 Å². The van der Waals surface area contributed by atoms with E-state index in [0.717, 1.165) is 0 Å². The predicted molar refractivity (Wildman–Crippen MR) is 254 cm³/mol. The minimum atomic E-state index is -1.77. The van der Waals surface area contributed by atoms with E-state index < -0.39 is 51.5 Å². The van der Waals surface area contributed by atoms with Crippen molar-refractivity contribution in [3.05, 3.63) is 158 Å². The molecule has 4 aromatic rings. The summed E-state index contributed by atoms with van der Waals surface area (Å²) in [5, 5.41) is 50.3. The number of hydrogen-bond donors (Lipinski definition) is 3. The van der Waals surface area contributed by atoms with Gasteiger partial charge in [0.15, 0.2) is 0 Å². The fourth-order valence-corrected chi connectivity index (χ4v) is 9.78. The Hall–Kier alpha value is -7.22. The van der Waals surface area contributed by atoms with Gasteiger partial charge in [0, 0.05) is 68.5 Å². The van der Waals surface area contributed by atoms with Crippen LogP contribution in [0.4, 0.5) is 25.4 Å². The molecule has 18 nitrogen and oxygen atoms in total. The number of nitrogens with one attached hydrogen (secondary N) is 1. The van der Waals surface area contributed by atoms with E-state index in [1.54, 1.807) is 43.3 Å². The SMILES string of the molecule is C=CCO[C@@]12Oc3ccc(OC(=O)NCC)cc3[C@H]3[C@H](CCCCO)[C@@H](CCCCO)C=C(C(=NOCc4ccc([N+](=O)[O-])cc4)C[C@@H]1N(Cc1ccc(F)cc1)C(=O)Oc1ccc([N+](=O)[O-])cc1)[C@H]32. The van der Waals surface area contributed by atoms with Crippen molar-refractivity contribution in [2.24, 2.45) is 22.9 Å². The molecule has 6 atom stereocenters. The summed E-state index contributed by atoms with van der Waals surface area (Å²) in [6.07, 6.45) is 5.70. The minimum Gasteiger partial charge on any atom is -0.459 e. The Morgan fingerprint density at radius 2 is 1.54 bits per heavy atom. The molecule has 3 aliphatic rings. The van der Waals surface area contributed by atoms with Crippen molar-refractivity contribution in [2.75, 3.05) is 26.4 Å². The van der Waals surface area contributed by atoms with Crippen LogP contribution in [0, 0.1) is 43.8 Å². The van der Waals surface area contributed by atoms with E-state index in [1.807, 2.05) is 0 Å². The molecular formula is C51H56FN5O13. The predicted octanol–water partition coefficient (Wildman–Crippen LogP) is 9.29. The Morgan fingerprint density at radius 3 is 2.19 bits per heavy atom. The van der Waals surface area contributed by atoms with Crippen molar-refractivity contribution in [1.82, 2.24) is 10.2 Å². The number of hydrogen-bond acceptors (Lipinski definition) is 14. The molecule has 70 heavy (non-hydrogen) atoms. The number of aliphatic hydroxyl groups excluding tert-OH is 2. The summed E-state index contributed by atoms with van der Waals surface area (Å²) >= 11 is 0. The summed E-state index contributed by atoms with van der Waals surface area (Å²) < 4.78 is 40.5. The number of fused-ring (bicyclic) bond motifs is 2. The molecule has 0 aromatic heterocycles. The largest absolute Gasteiger partial charge is 0.459 e. The number of ether oxygens (including phenoxy) is 4. The molecule has 0 unspecified atom stereocenters. The van der Waals surface area contributed by atoms with Gasteiger partial charge in [-0.05, 0) is 116 Å². The average Bonchev–Trinajstić information content (AvgIpc) is 3.35. The quantitative estimate of drug-likeness (QED) is 0.0289. The molecule has 7 rings (SSSR count). The van der Waals surface area contributed by atoms with Crippen LogP contribution in [0.3, 0.4) is 0 Å². The van der Waals surface area contributed by atoms with Gasteiger partial charge in [-0.3, -0.25) is 25.1 Å². The molecule has 0 spiro atoms. The van der Waals surface area contributed by atoms with Gasteiger partial charge in [-0.25, -0.2) is 14.0 Å². The van der Waals surface area contributed by atoms with Crippen LogP contribution in [0.5, 0.6) is 17.2 Å². The normalized spacial score (nSPS) is 21.5. The molecule has 2 amide bonds. The molecule has 1 fully saturated rings. The van der Waals surface area contributed by atoms with E-state index in [9.17, 15) is 39.6 Å². The zero-order valence-electron chi connectivity index (χ0n) is 38.7. The van der Waals surface area contributed by atoms with Crippen LogP contribution >= 0.6 is 0 Å². The highest BCUT2D eigenvalue weighted by Gasteiger charge is 2.66. The number of oxime groups is 1. The van der Waals surface area contributed by atoms with Gasteiger partial charge in [-0.1, -0.05) is 42.3 Å². The molecule has 19 heteroatoms. The molecule has 1 heterocycles. The van der Waals surface area contributed by atoms with E-state index in [2.05, 4.69) is 18.0 Å². The van der Waals surface area contributed by atoms with E-state index >= 15 is 4.79 Å². The number of allylic oxidation sites excluding steroid dienone is 1. The summed E-state index contributed by atoms with van der Waals surface area (Å²) in [5.41, 5.74) is 2.56. The first-order valence-electron chi connectivity index (χ1n) is 23.3. The van der Waals surface area contributed by atoms with Gasteiger partial charge in [0.25, 0.3) is 11.4 Å². The lowest BCUT2D eigenvalue weighted by Crippen LogP contribution is -2.70. The highest BCUT2D eigenvalue weighted by Crippen LogP contribution is 2.62. The summed E-state index contributed by atoms with van der Waals surface area (Å²) in [6.45, 7) is 5.68. The van der Waals surface area contributed by atoms with Gasteiger partial charge < -0.3 is 39.3 Å². The monoisotopic (exact) mass is 965 g/mol. The Labute approximate surface area is 403 Å². The van der Waals surface area contributed by atoms with E-state index in [1.165, 1.54) is 65.6 Å². The first-order valence-corrected chi connectivity index (χ1v) is 23.3. The molecule has 1 aliphatic heterocycles. The van der Waals surface area contributed by atoms with E-state index in [4.69, 9.17) is 28.9 Å². The van der Waals surface area contributed by atoms with Crippen LogP contribution < -0.4 is 19.5 Å². The van der Waals surface area contributed by atoms with Crippen molar-refractivity contribution in [3.63, 3.8) is 0 Å².